The van der Waals surface area contributed by atoms with E-state index in [0.29, 0.717) is 11.1 Å². The Balaban J connectivity index is 1.72. The summed E-state index contributed by atoms with van der Waals surface area (Å²) >= 11 is 0. The van der Waals surface area contributed by atoms with Gasteiger partial charge in [0.15, 0.2) is 6.20 Å². The minimum atomic E-state index is -2.29. The Labute approximate surface area is 194 Å². The fourth-order valence-electron chi connectivity index (χ4n) is 4.98. The van der Waals surface area contributed by atoms with Gasteiger partial charge >= 0.3 is 0 Å². The molecule has 0 bridgehead atoms. The summed E-state index contributed by atoms with van der Waals surface area (Å²) < 4.78 is 49.8. The molecule has 154 valence electrons. The Morgan fingerprint density at radius 1 is 0.742 bits per heavy atom. The van der Waals surface area contributed by atoms with E-state index in [1.54, 1.807) is 29.0 Å². The minimum Gasteiger partial charge on any atom is -0.201 e. The molecule has 1 aliphatic rings. The molecule has 1 heterocycles. The van der Waals surface area contributed by atoms with Gasteiger partial charge in [0.1, 0.15) is 7.05 Å². The maximum atomic E-state index is 8.28. The zero-order chi connectivity index (χ0) is 26.9. The highest BCUT2D eigenvalue weighted by Crippen LogP contribution is 2.49. The number of fused-ring (bicyclic) bond motifs is 3. The van der Waals surface area contributed by atoms with Crippen LogP contribution >= 0.6 is 0 Å². The van der Waals surface area contributed by atoms with Crippen molar-refractivity contribution in [1.82, 2.24) is 0 Å². The van der Waals surface area contributed by atoms with Gasteiger partial charge in [-0.25, -0.2) is 4.57 Å². The number of aromatic nitrogens is 1. The van der Waals surface area contributed by atoms with E-state index in [4.69, 9.17) is 8.22 Å². The number of pyridine rings is 1. The number of aryl methyl sites for hydroxylation is 4. The SMILES string of the molecule is [2H]C([2H])([2H])c1ccc(-c2cc(-c3ccc4c(c3)C(C)(C)c3ccccc3-4)c(C([2H])([2H])[2H])cc2C)[n+](C)c1. The molecule has 5 rings (SSSR count). The molecule has 0 fully saturated rings. The number of hydrogen-bond acceptors (Lipinski definition) is 0. The molecule has 0 saturated heterocycles. The van der Waals surface area contributed by atoms with Gasteiger partial charge in [-0.3, -0.25) is 0 Å². The summed E-state index contributed by atoms with van der Waals surface area (Å²) in [4.78, 5) is 0. The molecule has 1 aromatic heterocycles. The maximum Gasteiger partial charge on any atom is 0.212 e. The Morgan fingerprint density at radius 3 is 2.32 bits per heavy atom. The first-order valence-corrected chi connectivity index (χ1v) is 10.6. The van der Waals surface area contributed by atoms with Crippen LogP contribution in [0.5, 0.6) is 0 Å². The van der Waals surface area contributed by atoms with Crippen LogP contribution in [0.2, 0.25) is 0 Å². The van der Waals surface area contributed by atoms with Gasteiger partial charge < -0.3 is 0 Å². The number of benzene rings is 3. The molecule has 0 spiro atoms. The van der Waals surface area contributed by atoms with Crippen molar-refractivity contribution in [3.8, 4) is 33.5 Å². The van der Waals surface area contributed by atoms with Gasteiger partial charge in [-0.15, -0.1) is 0 Å². The molecule has 4 aromatic rings. The summed E-state index contributed by atoms with van der Waals surface area (Å²) in [5, 5.41) is 0. The van der Waals surface area contributed by atoms with Gasteiger partial charge in [-0.1, -0.05) is 56.3 Å². The summed E-state index contributed by atoms with van der Waals surface area (Å²) in [6, 6.07) is 21.8. The molecule has 0 aliphatic heterocycles. The van der Waals surface area contributed by atoms with E-state index in [0.717, 1.165) is 22.4 Å². The molecule has 0 unspecified atom stereocenters. The number of hydrogen-bond donors (Lipinski definition) is 0. The van der Waals surface area contributed by atoms with E-state index in [9.17, 15) is 0 Å². The number of nitrogens with zero attached hydrogens (tertiary/aromatic N) is 1. The molecule has 31 heavy (non-hydrogen) atoms. The lowest BCUT2D eigenvalue weighted by molar-refractivity contribution is -0.660. The van der Waals surface area contributed by atoms with Crippen molar-refractivity contribution in [2.24, 2.45) is 7.05 Å². The lowest BCUT2D eigenvalue weighted by Gasteiger charge is -2.22. The largest absolute Gasteiger partial charge is 0.212 e. The van der Waals surface area contributed by atoms with Gasteiger partial charge in [-0.2, -0.15) is 0 Å². The summed E-state index contributed by atoms with van der Waals surface area (Å²) in [7, 11) is 1.82. The average Bonchev–Trinajstić information content (AvgIpc) is 3.05. The van der Waals surface area contributed by atoms with E-state index in [2.05, 4.69) is 50.2 Å². The minimum absolute atomic E-state index is 0.201. The van der Waals surface area contributed by atoms with Crippen LogP contribution < -0.4 is 4.57 Å². The lowest BCUT2D eigenvalue weighted by atomic mass is 9.81. The first-order chi connectivity index (χ1) is 17.2. The predicted molar refractivity (Wildman–Crippen MR) is 130 cm³/mol. The molecule has 0 radical (unpaired) electrons. The van der Waals surface area contributed by atoms with Crippen molar-refractivity contribution in [1.29, 1.82) is 0 Å². The molecule has 1 aliphatic carbocycles. The van der Waals surface area contributed by atoms with Crippen LogP contribution in [0.1, 0.15) is 49.9 Å². The first-order valence-electron chi connectivity index (χ1n) is 13.6. The Kier molecular flexibility index (Phi) is 3.12. The Morgan fingerprint density at radius 2 is 1.55 bits per heavy atom. The van der Waals surface area contributed by atoms with E-state index >= 15 is 0 Å². The second-order valence-electron chi connectivity index (χ2n) is 9.06. The summed E-state index contributed by atoms with van der Waals surface area (Å²) in [5.74, 6) is 0. The van der Waals surface area contributed by atoms with Crippen molar-refractivity contribution in [2.75, 3.05) is 0 Å². The van der Waals surface area contributed by atoms with Gasteiger partial charge in [0, 0.05) is 30.8 Å². The monoisotopic (exact) mass is 410 g/mol. The second kappa shape index (κ2) is 6.92. The molecule has 3 aromatic carbocycles. The Hall–Kier alpha value is -3.19. The third kappa shape index (κ3) is 3.03. The van der Waals surface area contributed by atoms with Gasteiger partial charge in [0.25, 0.3) is 0 Å². The zero-order valence-corrected chi connectivity index (χ0v) is 18.4. The molecular weight excluding hydrogens is 374 g/mol. The third-order valence-electron chi connectivity index (χ3n) is 6.67. The Bertz CT molecular complexity index is 1540. The topological polar surface area (TPSA) is 3.88 Å². The van der Waals surface area contributed by atoms with Crippen LogP contribution in [0, 0.1) is 20.6 Å². The van der Waals surface area contributed by atoms with Crippen molar-refractivity contribution in [3.63, 3.8) is 0 Å². The maximum absolute atomic E-state index is 8.28. The van der Waals surface area contributed by atoms with E-state index < -0.39 is 13.7 Å². The molecule has 0 N–H and O–H groups in total. The molecule has 0 atom stereocenters. The number of rotatable bonds is 2. The van der Waals surface area contributed by atoms with Crippen LogP contribution in [-0.2, 0) is 12.5 Å². The standard InChI is InChI=1S/C30H30N/c1-19-11-14-29(31(6)18-19)26-17-25(20(2)15-21(26)3)22-12-13-24-23-9-7-8-10-27(23)30(4,5)28(24)16-22/h7-18H,1-6H3/q+1/i1D3,2D3. The van der Waals surface area contributed by atoms with Crippen molar-refractivity contribution < 1.29 is 12.8 Å². The van der Waals surface area contributed by atoms with Gasteiger partial charge in [0.05, 0.1) is 0 Å². The highest BCUT2D eigenvalue weighted by atomic mass is 14.9. The molecule has 0 amide bonds. The second-order valence-corrected chi connectivity index (χ2v) is 9.06. The van der Waals surface area contributed by atoms with Crippen LogP contribution in [-0.4, -0.2) is 0 Å². The van der Waals surface area contributed by atoms with Crippen LogP contribution in [0.15, 0.2) is 72.9 Å². The average molecular weight is 411 g/mol. The molecular formula is C30H30N+. The van der Waals surface area contributed by atoms with Crippen LogP contribution in [0.3, 0.4) is 0 Å². The van der Waals surface area contributed by atoms with E-state index in [1.165, 1.54) is 22.3 Å². The van der Waals surface area contributed by atoms with Crippen molar-refractivity contribution in [2.45, 2.75) is 39.9 Å². The quantitative estimate of drug-likeness (QED) is 0.311. The highest BCUT2D eigenvalue weighted by molar-refractivity contribution is 5.85. The van der Waals surface area contributed by atoms with Gasteiger partial charge in [0.2, 0.25) is 5.69 Å². The van der Waals surface area contributed by atoms with Gasteiger partial charge in [-0.05, 0) is 83.3 Å². The van der Waals surface area contributed by atoms with Crippen molar-refractivity contribution in [3.05, 3.63) is 101 Å². The fourth-order valence-corrected chi connectivity index (χ4v) is 4.98. The molecule has 1 heteroatoms. The lowest BCUT2D eigenvalue weighted by Crippen LogP contribution is -2.31. The highest BCUT2D eigenvalue weighted by Gasteiger charge is 2.35. The van der Waals surface area contributed by atoms with Crippen LogP contribution in [0.25, 0.3) is 33.5 Å². The first kappa shape index (κ1) is 14.0. The summed E-state index contributed by atoms with van der Waals surface area (Å²) in [6.45, 7) is 1.83. The van der Waals surface area contributed by atoms with Crippen molar-refractivity contribution >= 4 is 0 Å². The zero-order valence-electron chi connectivity index (χ0n) is 24.4. The van der Waals surface area contributed by atoms with Crippen LogP contribution in [0.4, 0.5) is 0 Å². The predicted octanol–water partition coefficient (Wildman–Crippen LogP) is 7.08. The van der Waals surface area contributed by atoms with E-state index in [1.807, 2.05) is 26.1 Å². The smallest absolute Gasteiger partial charge is 0.201 e. The third-order valence-corrected chi connectivity index (χ3v) is 6.67. The summed E-state index contributed by atoms with van der Waals surface area (Å²) in [5.41, 5.74) is 9.23. The van der Waals surface area contributed by atoms with E-state index in [-0.39, 0.29) is 11.0 Å². The normalized spacial score (nSPS) is 17.4. The summed E-state index contributed by atoms with van der Waals surface area (Å²) in [6.07, 6.45) is 1.62. The molecule has 1 nitrogen and oxygen atoms in total. The fraction of sp³-hybridized carbons (Fsp3) is 0.233. The molecule has 0 saturated carbocycles.